The Kier molecular flexibility index (Phi) is 14.0. The molecule has 0 unspecified atom stereocenters. The maximum absolute atomic E-state index is 14.4. The van der Waals surface area contributed by atoms with Crippen LogP contribution in [-0.2, 0) is 23.9 Å². The molecule has 2 aliphatic rings. The molecule has 2 aromatic heterocycles. The Bertz CT molecular complexity index is 2550. The quantitative estimate of drug-likeness (QED) is 0.0693. The third kappa shape index (κ3) is 10.3. The summed E-state index contributed by atoms with van der Waals surface area (Å²) in [6, 6.07) is 16.5. The van der Waals surface area contributed by atoms with Gasteiger partial charge in [-0.15, -0.1) is 0 Å². The number of benzene rings is 3. The minimum atomic E-state index is -1.85. The van der Waals surface area contributed by atoms with Crippen LogP contribution in [0.2, 0.25) is 25.7 Å². The number of methoxy groups -OCH3 is 2. The third-order valence-electron chi connectivity index (χ3n) is 12.5. The van der Waals surface area contributed by atoms with E-state index >= 15 is 0 Å². The molecule has 346 valence electrons. The molecule has 7 rings (SSSR count). The fraction of sp³-hybridized carbons (Fsp3) is 0.479. The first-order chi connectivity index (χ1) is 31.0. The van der Waals surface area contributed by atoms with Crippen molar-refractivity contribution in [2.75, 3.05) is 27.3 Å². The van der Waals surface area contributed by atoms with Crippen LogP contribution in [0.1, 0.15) is 77.1 Å². The second-order valence-corrected chi connectivity index (χ2v) is 24.7. The second kappa shape index (κ2) is 19.5. The summed E-state index contributed by atoms with van der Waals surface area (Å²) in [6.07, 6.45) is 3.63. The zero-order chi connectivity index (χ0) is 46.7. The maximum atomic E-state index is 14.4. The smallest absolute Gasteiger partial charge is 0.407 e. The van der Waals surface area contributed by atoms with Crippen LogP contribution in [0.15, 0.2) is 60.8 Å². The molecule has 0 saturated carbocycles. The van der Waals surface area contributed by atoms with Crippen molar-refractivity contribution in [3.63, 3.8) is 0 Å². The highest BCUT2D eigenvalue weighted by atomic mass is 28.3. The van der Waals surface area contributed by atoms with Crippen LogP contribution in [0.25, 0.3) is 44.2 Å². The highest BCUT2D eigenvalue weighted by Crippen LogP contribution is 2.37. The van der Waals surface area contributed by atoms with Gasteiger partial charge < -0.3 is 45.2 Å². The Labute approximate surface area is 381 Å². The van der Waals surface area contributed by atoms with Gasteiger partial charge in [-0.25, -0.2) is 19.6 Å². The van der Waals surface area contributed by atoms with E-state index in [0.717, 1.165) is 69.9 Å². The number of H-pyrrole nitrogens is 2. The van der Waals surface area contributed by atoms with E-state index < -0.39 is 44.3 Å². The van der Waals surface area contributed by atoms with Gasteiger partial charge in [0.05, 0.1) is 49.2 Å². The van der Waals surface area contributed by atoms with Crippen LogP contribution in [0.4, 0.5) is 9.59 Å². The van der Waals surface area contributed by atoms with Gasteiger partial charge in [0.1, 0.15) is 29.8 Å². The summed E-state index contributed by atoms with van der Waals surface area (Å²) >= 11 is 0. The average Bonchev–Trinajstić information content (AvgIpc) is 4.12. The SMILES string of the molecule is COC(=O)N[C@H](C(=O)N1CCC[C@H]1c1ncc(-c2ccc(-c3ccc4c(ccc5[nH]c([C@@H]6CCCN6C(=O)[C@H](C[Si](C)(C)C)NC(=O)[C@H](NC(=O)OC)C(C)C)nc54)c3)cc2)[nH]1)C(C)C. The monoisotopic (exact) mass is 905 g/mol. The minimum absolute atomic E-state index is 0.116. The van der Waals surface area contributed by atoms with Gasteiger partial charge >= 0.3 is 12.2 Å². The van der Waals surface area contributed by atoms with Gasteiger partial charge in [0.15, 0.2) is 0 Å². The summed E-state index contributed by atoms with van der Waals surface area (Å²) in [5, 5.41) is 10.4. The largest absolute Gasteiger partial charge is 0.453 e. The molecule has 0 bridgehead atoms. The third-order valence-corrected chi connectivity index (χ3v) is 14.2. The second-order valence-electron chi connectivity index (χ2n) is 19.2. The van der Waals surface area contributed by atoms with Gasteiger partial charge in [-0.3, -0.25) is 14.4 Å². The molecule has 0 spiro atoms. The van der Waals surface area contributed by atoms with Crippen LogP contribution in [0.3, 0.4) is 0 Å². The summed E-state index contributed by atoms with van der Waals surface area (Å²) in [6.45, 7) is 15.1. The number of imidazole rings is 2. The van der Waals surface area contributed by atoms with E-state index in [1.807, 2.05) is 38.7 Å². The number of carbonyl (C=O) groups is 5. The van der Waals surface area contributed by atoms with Crippen LogP contribution in [0.5, 0.6) is 0 Å². The molecule has 5 atom stereocenters. The fourth-order valence-electron chi connectivity index (χ4n) is 9.16. The molecule has 16 nitrogen and oxygen atoms in total. The highest BCUT2D eigenvalue weighted by Gasteiger charge is 2.40. The molecular formula is C48H63N9O7Si. The number of aromatic amines is 2. The number of carbonyl (C=O) groups excluding carboxylic acids is 5. The zero-order valence-electron chi connectivity index (χ0n) is 38.9. The van der Waals surface area contributed by atoms with Gasteiger partial charge in [-0.05, 0) is 77.8 Å². The van der Waals surface area contributed by atoms with Crippen molar-refractivity contribution in [1.29, 1.82) is 0 Å². The highest BCUT2D eigenvalue weighted by molar-refractivity contribution is 6.76. The number of nitrogens with zero attached hydrogens (tertiary/aromatic N) is 4. The Morgan fingerprint density at radius 2 is 1.31 bits per heavy atom. The Hall–Kier alpha value is -6.23. The number of rotatable bonds is 14. The first-order valence-electron chi connectivity index (χ1n) is 22.6. The Morgan fingerprint density at radius 3 is 1.92 bits per heavy atom. The van der Waals surface area contributed by atoms with Crippen LogP contribution < -0.4 is 16.0 Å². The molecule has 0 radical (unpaired) electrons. The molecule has 2 aliphatic heterocycles. The molecule has 65 heavy (non-hydrogen) atoms. The van der Waals surface area contributed by atoms with E-state index in [9.17, 15) is 24.0 Å². The first kappa shape index (κ1) is 46.8. The summed E-state index contributed by atoms with van der Waals surface area (Å²) in [4.78, 5) is 86.2. The van der Waals surface area contributed by atoms with E-state index in [2.05, 4.69) is 94.1 Å². The summed E-state index contributed by atoms with van der Waals surface area (Å²) in [5.74, 6) is 0.390. The normalized spacial score (nSPS) is 18.0. The number of ether oxygens (including phenoxy) is 2. The number of likely N-dealkylation sites (tertiary alicyclic amines) is 2. The lowest BCUT2D eigenvalue weighted by molar-refractivity contribution is -0.137. The van der Waals surface area contributed by atoms with E-state index in [1.54, 1.807) is 11.1 Å². The summed E-state index contributed by atoms with van der Waals surface area (Å²) in [5.41, 5.74) is 5.62. The topological polar surface area (TPSA) is 204 Å². The number of hydrogen-bond acceptors (Lipinski definition) is 9. The molecule has 2 saturated heterocycles. The summed E-state index contributed by atoms with van der Waals surface area (Å²) < 4.78 is 9.54. The van der Waals surface area contributed by atoms with Crippen molar-refractivity contribution >= 4 is 59.8 Å². The number of fused-ring (bicyclic) bond motifs is 3. The predicted octanol–water partition coefficient (Wildman–Crippen LogP) is 7.68. The van der Waals surface area contributed by atoms with Crippen molar-refractivity contribution in [2.45, 2.75) is 109 Å². The van der Waals surface area contributed by atoms with E-state index in [0.29, 0.717) is 30.8 Å². The number of amides is 5. The average molecular weight is 906 g/mol. The molecule has 5 amide bonds. The van der Waals surface area contributed by atoms with Crippen LogP contribution >= 0.6 is 0 Å². The van der Waals surface area contributed by atoms with Crippen molar-refractivity contribution in [3.8, 4) is 22.4 Å². The lowest BCUT2D eigenvalue weighted by Gasteiger charge is -2.32. The molecule has 5 N–H and O–H groups in total. The Morgan fingerprint density at radius 1 is 0.723 bits per heavy atom. The van der Waals surface area contributed by atoms with Crippen molar-refractivity contribution in [1.82, 2.24) is 45.7 Å². The molecule has 4 heterocycles. The number of nitrogens with one attached hydrogen (secondary N) is 5. The van der Waals surface area contributed by atoms with Gasteiger partial charge in [0.2, 0.25) is 17.7 Å². The standard InChI is InChI=1S/C48H63N9O7Si/c1-27(2)39(54-47(61)63-5)44(58)52-36(26-65(7,8)9)45(59)56-22-11-13-38(56)43-50-34-21-19-32-24-31(18-20-33(32)41(34)53-43)29-14-16-30(17-15-29)35-25-49-42(51-35)37-12-10-23-57(37)46(60)40(28(3)4)55-48(62)64-6/h14-21,24-25,27-28,36-40H,10-13,22-23,26H2,1-9H3,(H,49,51)(H,50,53)(H,52,58)(H,54,61)(H,55,62)/t36-,37-,38-,39+,40-/m0/s1. The molecule has 2 fully saturated rings. The van der Waals surface area contributed by atoms with E-state index in [1.165, 1.54) is 14.2 Å². The maximum Gasteiger partial charge on any atom is 0.407 e. The first-order valence-corrected chi connectivity index (χ1v) is 26.4. The minimum Gasteiger partial charge on any atom is -0.453 e. The van der Waals surface area contributed by atoms with Crippen molar-refractivity contribution < 1.29 is 33.4 Å². The Balaban J connectivity index is 1.07. The number of alkyl carbamates (subject to hydrolysis) is 2. The molecular weight excluding hydrogens is 843 g/mol. The molecule has 5 aromatic rings. The lowest BCUT2D eigenvalue weighted by Crippen LogP contribution is -2.57. The molecule has 0 aliphatic carbocycles. The summed E-state index contributed by atoms with van der Waals surface area (Å²) in [7, 11) is 0.691. The van der Waals surface area contributed by atoms with Crippen LogP contribution in [-0.4, -0.2) is 113 Å². The molecule has 17 heteroatoms. The van der Waals surface area contributed by atoms with Gasteiger partial charge in [0, 0.05) is 26.5 Å². The fourth-order valence-corrected chi connectivity index (χ4v) is 10.7. The number of aromatic nitrogens is 4. The number of hydrogen-bond donors (Lipinski definition) is 5. The van der Waals surface area contributed by atoms with E-state index in [-0.39, 0.29) is 35.7 Å². The van der Waals surface area contributed by atoms with Crippen molar-refractivity contribution in [3.05, 3.63) is 72.4 Å². The van der Waals surface area contributed by atoms with Crippen molar-refractivity contribution in [2.24, 2.45) is 11.8 Å². The van der Waals surface area contributed by atoms with Gasteiger partial charge in [-0.1, -0.05) is 89.8 Å². The van der Waals surface area contributed by atoms with Gasteiger partial charge in [0.25, 0.3) is 0 Å². The van der Waals surface area contributed by atoms with Gasteiger partial charge in [-0.2, -0.15) is 0 Å². The zero-order valence-corrected chi connectivity index (χ0v) is 39.9. The van der Waals surface area contributed by atoms with E-state index in [4.69, 9.17) is 19.4 Å². The van der Waals surface area contributed by atoms with Crippen LogP contribution in [0, 0.1) is 11.8 Å². The lowest BCUT2D eigenvalue weighted by atomic mass is 9.99. The molecule has 3 aromatic carbocycles. The predicted molar refractivity (Wildman–Crippen MR) is 252 cm³/mol.